The van der Waals surface area contributed by atoms with Gasteiger partial charge in [0.1, 0.15) is 0 Å². The molecule has 0 atom stereocenters. The van der Waals surface area contributed by atoms with Crippen molar-refractivity contribution in [1.29, 1.82) is 0 Å². The molecule has 20 heavy (non-hydrogen) atoms. The Morgan fingerprint density at radius 3 is 2.95 bits per heavy atom. The summed E-state index contributed by atoms with van der Waals surface area (Å²) in [4.78, 5) is 1.33. The van der Waals surface area contributed by atoms with E-state index in [1.165, 1.54) is 30.4 Å². The second kappa shape index (κ2) is 5.65. The lowest BCUT2D eigenvalue weighted by molar-refractivity contribution is 0.380. The van der Waals surface area contributed by atoms with Gasteiger partial charge in [0, 0.05) is 28.9 Å². The second-order valence-electron chi connectivity index (χ2n) is 4.71. The molecule has 2 aromatic heterocycles. The standard InChI is InChI=1S/C12H15N3O3S2/c16-20(17,15-6-10-3-4-14-18-10)12-5-11(19-8-12)7-13-9-1-2-9/h3-5,8-9,13,15H,1-2,6-7H2. The van der Waals surface area contributed by atoms with Crippen LogP contribution in [0.25, 0.3) is 0 Å². The van der Waals surface area contributed by atoms with Crippen molar-refractivity contribution in [3.63, 3.8) is 0 Å². The van der Waals surface area contributed by atoms with Crippen molar-refractivity contribution in [2.24, 2.45) is 0 Å². The summed E-state index contributed by atoms with van der Waals surface area (Å²) in [6.45, 7) is 0.834. The van der Waals surface area contributed by atoms with E-state index in [2.05, 4.69) is 15.2 Å². The third-order valence-corrected chi connectivity index (χ3v) is 5.48. The van der Waals surface area contributed by atoms with E-state index in [0.29, 0.717) is 16.7 Å². The summed E-state index contributed by atoms with van der Waals surface area (Å²) in [6.07, 6.45) is 3.92. The van der Waals surface area contributed by atoms with Gasteiger partial charge in [-0.05, 0) is 18.9 Å². The monoisotopic (exact) mass is 313 g/mol. The van der Waals surface area contributed by atoms with Gasteiger partial charge in [-0.3, -0.25) is 0 Å². The maximum Gasteiger partial charge on any atom is 0.241 e. The molecule has 2 N–H and O–H groups in total. The first kappa shape index (κ1) is 13.7. The first-order valence-electron chi connectivity index (χ1n) is 6.33. The number of nitrogens with one attached hydrogen (secondary N) is 2. The lowest BCUT2D eigenvalue weighted by Crippen LogP contribution is -2.22. The highest BCUT2D eigenvalue weighted by Gasteiger charge is 2.21. The van der Waals surface area contributed by atoms with E-state index in [4.69, 9.17) is 4.52 Å². The average molecular weight is 313 g/mol. The molecule has 2 heterocycles. The minimum absolute atomic E-state index is 0.105. The number of nitrogens with zero attached hydrogens (tertiary/aromatic N) is 1. The van der Waals surface area contributed by atoms with Crippen molar-refractivity contribution in [3.8, 4) is 0 Å². The molecule has 1 saturated carbocycles. The summed E-state index contributed by atoms with van der Waals surface area (Å²) < 4.78 is 31.6. The third-order valence-electron chi connectivity index (χ3n) is 3.01. The molecular weight excluding hydrogens is 298 g/mol. The van der Waals surface area contributed by atoms with Crippen LogP contribution in [0.15, 0.2) is 33.1 Å². The molecule has 108 valence electrons. The summed E-state index contributed by atoms with van der Waals surface area (Å²) in [5.41, 5.74) is 0. The molecule has 1 aliphatic rings. The number of aromatic nitrogens is 1. The SMILES string of the molecule is O=S(=O)(NCc1ccno1)c1csc(CNC2CC2)c1. The molecule has 1 aliphatic carbocycles. The highest BCUT2D eigenvalue weighted by Crippen LogP contribution is 2.23. The molecule has 0 unspecified atom stereocenters. The van der Waals surface area contributed by atoms with Crippen LogP contribution < -0.4 is 10.0 Å². The largest absolute Gasteiger partial charge is 0.360 e. The van der Waals surface area contributed by atoms with Crippen molar-refractivity contribution in [1.82, 2.24) is 15.2 Å². The maximum atomic E-state index is 12.1. The summed E-state index contributed by atoms with van der Waals surface area (Å²) >= 11 is 1.45. The number of hydrogen-bond acceptors (Lipinski definition) is 6. The summed E-state index contributed by atoms with van der Waals surface area (Å²) in [7, 11) is -3.49. The zero-order valence-electron chi connectivity index (χ0n) is 10.7. The van der Waals surface area contributed by atoms with Crippen LogP contribution in [0.3, 0.4) is 0 Å². The van der Waals surface area contributed by atoms with E-state index in [1.807, 2.05) is 0 Å². The van der Waals surface area contributed by atoms with Gasteiger partial charge in [0.25, 0.3) is 0 Å². The van der Waals surface area contributed by atoms with E-state index in [0.717, 1.165) is 11.4 Å². The lowest BCUT2D eigenvalue weighted by atomic mass is 10.4. The lowest BCUT2D eigenvalue weighted by Gasteiger charge is -2.02. The normalized spacial score (nSPS) is 15.6. The molecule has 0 aliphatic heterocycles. The zero-order valence-corrected chi connectivity index (χ0v) is 12.3. The van der Waals surface area contributed by atoms with Gasteiger partial charge in [0.15, 0.2) is 5.76 Å². The first-order chi connectivity index (χ1) is 9.63. The molecule has 0 aromatic carbocycles. The Hall–Kier alpha value is -1.22. The van der Waals surface area contributed by atoms with E-state index < -0.39 is 10.0 Å². The van der Waals surface area contributed by atoms with E-state index in [-0.39, 0.29) is 6.54 Å². The smallest absolute Gasteiger partial charge is 0.241 e. The molecule has 0 radical (unpaired) electrons. The van der Waals surface area contributed by atoms with Crippen molar-refractivity contribution in [3.05, 3.63) is 34.3 Å². The average Bonchev–Trinajstić information content (AvgIpc) is 2.94. The fourth-order valence-corrected chi connectivity index (χ4v) is 3.93. The molecule has 1 fully saturated rings. The van der Waals surface area contributed by atoms with Gasteiger partial charge in [-0.15, -0.1) is 11.3 Å². The fraction of sp³-hybridized carbons (Fsp3) is 0.417. The number of thiophene rings is 1. The van der Waals surface area contributed by atoms with Crippen LogP contribution in [0.1, 0.15) is 23.5 Å². The van der Waals surface area contributed by atoms with Gasteiger partial charge >= 0.3 is 0 Å². The van der Waals surface area contributed by atoms with Crippen LogP contribution >= 0.6 is 11.3 Å². The molecule has 6 nitrogen and oxygen atoms in total. The first-order valence-corrected chi connectivity index (χ1v) is 8.70. The molecule has 3 rings (SSSR count). The van der Waals surface area contributed by atoms with Crippen LogP contribution in [0.2, 0.25) is 0 Å². The Balaban J connectivity index is 1.61. The van der Waals surface area contributed by atoms with Crippen LogP contribution in [-0.2, 0) is 23.1 Å². The van der Waals surface area contributed by atoms with Gasteiger partial charge in [-0.2, -0.15) is 0 Å². The van der Waals surface area contributed by atoms with Gasteiger partial charge in [-0.1, -0.05) is 5.16 Å². The zero-order chi connectivity index (χ0) is 14.0. The topological polar surface area (TPSA) is 84.2 Å². The minimum Gasteiger partial charge on any atom is -0.360 e. The second-order valence-corrected chi connectivity index (χ2v) is 7.47. The molecule has 0 amide bonds. The van der Waals surface area contributed by atoms with Crippen LogP contribution in [0.4, 0.5) is 0 Å². The van der Waals surface area contributed by atoms with Crippen LogP contribution in [-0.4, -0.2) is 19.6 Å². The maximum absolute atomic E-state index is 12.1. The van der Waals surface area contributed by atoms with Crippen molar-refractivity contribution in [2.75, 3.05) is 0 Å². The molecule has 0 saturated heterocycles. The van der Waals surface area contributed by atoms with Crippen LogP contribution in [0.5, 0.6) is 0 Å². The Kier molecular flexibility index (Phi) is 3.88. The molecule has 2 aromatic rings. The third kappa shape index (κ3) is 3.45. The van der Waals surface area contributed by atoms with Gasteiger partial charge in [0.2, 0.25) is 10.0 Å². The Labute approximate surface area is 121 Å². The quantitative estimate of drug-likeness (QED) is 0.808. The highest BCUT2D eigenvalue weighted by molar-refractivity contribution is 7.89. The van der Waals surface area contributed by atoms with Crippen molar-refractivity contribution < 1.29 is 12.9 Å². The Morgan fingerprint density at radius 2 is 2.25 bits per heavy atom. The van der Waals surface area contributed by atoms with Crippen molar-refractivity contribution in [2.45, 2.75) is 36.9 Å². The molecule has 0 spiro atoms. The predicted molar refractivity (Wildman–Crippen MR) is 74.7 cm³/mol. The van der Waals surface area contributed by atoms with Crippen molar-refractivity contribution >= 4 is 21.4 Å². The van der Waals surface area contributed by atoms with E-state index in [1.54, 1.807) is 17.5 Å². The highest BCUT2D eigenvalue weighted by atomic mass is 32.2. The molecular formula is C12H15N3O3S2. The Morgan fingerprint density at radius 1 is 1.40 bits per heavy atom. The van der Waals surface area contributed by atoms with Gasteiger partial charge in [-0.25, -0.2) is 13.1 Å². The molecule has 0 bridgehead atoms. The van der Waals surface area contributed by atoms with E-state index >= 15 is 0 Å². The fourth-order valence-electron chi connectivity index (χ4n) is 1.71. The predicted octanol–water partition coefficient (Wildman–Crippen LogP) is 1.47. The summed E-state index contributed by atoms with van der Waals surface area (Å²) in [5, 5.41) is 8.55. The summed E-state index contributed by atoms with van der Waals surface area (Å²) in [6, 6.07) is 3.95. The van der Waals surface area contributed by atoms with Gasteiger partial charge < -0.3 is 9.84 Å². The number of rotatable bonds is 7. The van der Waals surface area contributed by atoms with Gasteiger partial charge in [0.05, 0.1) is 17.6 Å². The number of sulfonamides is 1. The number of hydrogen-bond donors (Lipinski definition) is 2. The summed E-state index contributed by atoms with van der Waals surface area (Å²) in [5.74, 6) is 0.486. The van der Waals surface area contributed by atoms with E-state index in [9.17, 15) is 8.42 Å². The molecule has 8 heteroatoms. The Bertz CT molecular complexity index is 660. The van der Waals surface area contributed by atoms with Crippen LogP contribution in [0, 0.1) is 0 Å². The minimum atomic E-state index is -3.49.